The van der Waals surface area contributed by atoms with E-state index in [0.717, 1.165) is 11.4 Å². The normalized spacial score (nSPS) is 12.7. The van der Waals surface area contributed by atoms with Crippen molar-refractivity contribution in [3.8, 4) is 0 Å². The molecule has 0 bridgehead atoms. The molecule has 0 saturated carbocycles. The van der Waals surface area contributed by atoms with Gasteiger partial charge in [0.2, 0.25) is 0 Å². The lowest BCUT2D eigenvalue weighted by Gasteiger charge is -2.12. The van der Waals surface area contributed by atoms with Crippen LogP contribution in [-0.4, -0.2) is 14.9 Å². The highest BCUT2D eigenvalue weighted by Crippen LogP contribution is 2.20. The molecule has 1 unspecified atom stereocenters. The average Bonchev–Trinajstić information content (AvgIpc) is 2.73. The van der Waals surface area contributed by atoms with E-state index in [1.165, 1.54) is 6.07 Å². The molecule has 18 heavy (non-hydrogen) atoms. The van der Waals surface area contributed by atoms with Crippen LogP contribution in [0.1, 0.15) is 30.0 Å². The zero-order valence-electron chi connectivity index (χ0n) is 10.6. The summed E-state index contributed by atoms with van der Waals surface area (Å²) < 4.78 is 15.3. The van der Waals surface area contributed by atoms with E-state index in [2.05, 4.69) is 5.10 Å². The number of aliphatic hydroxyl groups excluding tert-OH is 1. The fraction of sp³-hybridized carbons (Fsp3) is 0.357. The number of hydrogen-bond donors (Lipinski definition) is 1. The molecule has 1 heterocycles. The van der Waals surface area contributed by atoms with Gasteiger partial charge in [0, 0.05) is 13.0 Å². The van der Waals surface area contributed by atoms with Crippen molar-refractivity contribution in [3.63, 3.8) is 0 Å². The van der Waals surface area contributed by atoms with E-state index in [1.807, 2.05) is 19.9 Å². The zero-order valence-corrected chi connectivity index (χ0v) is 10.6. The van der Waals surface area contributed by atoms with E-state index in [0.29, 0.717) is 12.1 Å². The number of hydrogen-bond acceptors (Lipinski definition) is 2. The first-order valence-electron chi connectivity index (χ1n) is 6.07. The Balaban J connectivity index is 2.21. The SMILES string of the molecule is CCn1nc(C)cc1C(O)Cc1ccccc1F. The fourth-order valence-corrected chi connectivity index (χ4v) is 2.06. The summed E-state index contributed by atoms with van der Waals surface area (Å²) in [4.78, 5) is 0. The first kappa shape index (κ1) is 12.8. The van der Waals surface area contributed by atoms with Gasteiger partial charge in [-0.1, -0.05) is 18.2 Å². The van der Waals surface area contributed by atoms with Crippen molar-refractivity contribution < 1.29 is 9.50 Å². The molecular weight excluding hydrogens is 231 g/mol. The summed E-state index contributed by atoms with van der Waals surface area (Å²) in [5.41, 5.74) is 2.11. The van der Waals surface area contributed by atoms with Gasteiger partial charge in [-0.15, -0.1) is 0 Å². The Morgan fingerprint density at radius 2 is 2.11 bits per heavy atom. The minimum absolute atomic E-state index is 0.262. The van der Waals surface area contributed by atoms with Gasteiger partial charge in [0.15, 0.2) is 0 Å². The number of rotatable bonds is 4. The van der Waals surface area contributed by atoms with Crippen molar-refractivity contribution >= 4 is 0 Å². The standard InChI is InChI=1S/C14H17FN2O/c1-3-17-13(8-10(2)16-17)14(18)9-11-6-4-5-7-12(11)15/h4-8,14,18H,3,9H2,1-2H3. The molecule has 0 aliphatic carbocycles. The van der Waals surface area contributed by atoms with Gasteiger partial charge in [0.1, 0.15) is 5.82 Å². The smallest absolute Gasteiger partial charge is 0.126 e. The Kier molecular flexibility index (Phi) is 3.77. The summed E-state index contributed by atoms with van der Waals surface area (Å²) in [6, 6.07) is 8.36. The maximum atomic E-state index is 13.5. The predicted molar refractivity (Wildman–Crippen MR) is 67.7 cm³/mol. The van der Waals surface area contributed by atoms with E-state index in [9.17, 15) is 9.50 Å². The lowest BCUT2D eigenvalue weighted by Crippen LogP contribution is -2.10. The summed E-state index contributed by atoms with van der Waals surface area (Å²) in [5, 5.41) is 14.5. The van der Waals surface area contributed by atoms with Crippen LogP contribution in [0.15, 0.2) is 30.3 Å². The van der Waals surface area contributed by atoms with Gasteiger partial charge >= 0.3 is 0 Å². The molecule has 2 rings (SSSR count). The van der Waals surface area contributed by atoms with Crippen LogP contribution in [0.25, 0.3) is 0 Å². The van der Waals surface area contributed by atoms with Gasteiger partial charge in [-0.25, -0.2) is 4.39 Å². The topological polar surface area (TPSA) is 38.0 Å². The van der Waals surface area contributed by atoms with E-state index >= 15 is 0 Å². The second-order valence-electron chi connectivity index (χ2n) is 4.34. The lowest BCUT2D eigenvalue weighted by atomic mass is 10.0. The highest BCUT2D eigenvalue weighted by Gasteiger charge is 2.16. The zero-order chi connectivity index (χ0) is 13.1. The second kappa shape index (κ2) is 5.31. The molecule has 0 saturated heterocycles. The van der Waals surface area contributed by atoms with Crippen LogP contribution in [0.5, 0.6) is 0 Å². The van der Waals surface area contributed by atoms with Crippen molar-refractivity contribution in [2.75, 3.05) is 0 Å². The largest absolute Gasteiger partial charge is 0.386 e. The molecule has 0 amide bonds. The van der Waals surface area contributed by atoms with Gasteiger partial charge in [-0.3, -0.25) is 4.68 Å². The van der Waals surface area contributed by atoms with Crippen molar-refractivity contribution in [3.05, 3.63) is 53.1 Å². The molecular formula is C14H17FN2O. The molecule has 0 radical (unpaired) electrons. The molecule has 0 spiro atoms. The monoisotopic (exact) mass is 248 g/mol. The van der Waals surface area contributed by atoms with Crippen molar-refractivity contribution in [1.82, 2.24) is 9.78 Å². The van der Waals surface area contributed by atoms with Crippen molar-refractivity contribution in [2.24, 2.45) is 0 Å². The van der Waals surface area contributed by atoms with Crippen molar-refractivity contribution in [1.29, 1.82) is 0 Å². The number of nitrogens with zero attached hydrogens (tertiary/aromatic N) is 2. The summed E-state index contributed by atoms with van der Waals surface area (Å²) in [7, 11) is 0. The van der Waals surface area contributed by atoms with Gasteiger partial charge in [-0.05, 0) is 31.5 Å². The summed E-state index contributed by atoms with van der Waals surface area (Å²) in [6.45, 7) is 4.54. The van der Waals surface area contributed by atoms with Gasteiger partial charge < -0.3 is 5.11 Å². The summed E-state index contributed by atoms with van der Waals surface area (Å²) in [5.74, 6) is -0.282. The molecule has 96 valence electrons. The minimum atomic E-state index is -0.733. The lowest BCUT2D eigenvalue weighted by molar-refractivity contribution is 0.166. The maximum Gasteiger partial charge on any atom is 0.126 e. The molecule has 0 aliphatic heterocycles. The van der Waals surface area contributed by atoms with E-state index in [-0.39, 0.29) is 12.2 Å². The van der Waals surface area contributed by atoms with Gasteiger partial charge in [0.05, 0.1) is 17.5 Å². The van der Waals surface area contributed by atoms with Crippen LogP contribution in [0.2, 0.25) is 0 Å². The third-order valence-corrected chi connectivity index (χ3v) is 2.95. The molecule has 3 nitrogen and oxygen atoms in total. The van der Waals surface area contributed by atoms with Crippen LogP contribution in [0.3, 0.4) is 0 Å². The molecule has 1 aromatic heterocycles. The van der Waals surface area contributed by atoms with Gasteiger partial charge in [0.25, 0.3) is 0 Å². The van der Waals surface area contributed by atoms with E-state index in [4.69, 9.17) is 0 Å². The Hall–Kier alpha value is -1.68. The minimum Gasteiger partial charge on any atom is -0.386 e. The number of benzene rings is 1. The third kappa shape index (κ3) is 2.59. The Morgan fingerprint density at radius 3 is 2.78 bits per heavy atom. The third-order valence-electron chi connectivity index (χ3n) is 2.95. The predicted octanol–water partition coefficient (Wildman–Crippen LogP) is 2.63. The molecule has 1 N–H and O–H groups in total. The van der Waals surface area contributed by atoms with Crippen LogP contribution in [0.4, 0.5) is 4.39 Å². The van der Waals surface area contributed by atoms with E-state index in [1.54, 1.807) is 22.9 Å². The fourth-order valence-electron chi connectivity index (χ4n) is 2.06. The molecule has 1 atom stereocenters. The first-order valence-corrected chi connectivity index (χ1v) is 6.07. The highest BCUT2D eigenvalue weighted by molar-refractivity contribution is 5.21. The van der Waals surface area contributed by atoms with Crippen LogP contribution >= 0.6 is 0 Å². The van der Waals surface area contributed by atoms with Gasteiger partial charge in [-0.2, -0.15) is 5.10 Å². The Labute approximate surface area is 106 Å². The highest BCUT2D eigenvalue weighted by atomic mass is 19.1. The summed E-state index contributed by atoms with van der Waals surface area (Å²) >= 11 is 0. The molecule has 2 aromatic rings. The Bertz CT molecular complexity index is 536. The molecule has 0 aliphatic rings. The number of halogens is 1. The second-order valence-corrected chi connectivity index (χ2v) is 4.34. The van der Waals surface area contributed by atoms with Crippen molar-refractivity contribution in [2.45, 2.75) is 32.9 Å². The number of aliphatic hydroxyl groups is 1. The van der Waals surface area contributed by atoms with Crippen LogP contribution in [0, 0.1) is 12.7 Å². The number of aryl methyl sites for hydroxylation is 2. The van der Waals surface area contributed by atoms with E-state index < -0.39 is 6.10 Å². The van der Waals surface area contributed by atoms with Crippen LogP contribution in [-0.2, 0) is 13.0 Å². The molecule has 4 heteroatoms. The average molecular weight is 248 g/mol. The first-order chi connectivity index (χ1) is 8.61. The van der Waals surface area contributed by atoms with Crippen LogP contribution < -0.4 is 0 Å². The quantitative estimate of drug-likeness (QED) is 0.903. The molecule has 0 fully saturated rings. The maximum absolute atomic E-state index is 13.5. The summed E-state index contributed by atoms with van der Waals surface area (Å²) in [6.07, 6.45) is -0.472. The molecule has 1 aromatic carbocycles. The Morgan fingerprint density at radius 1 is 1.39 bits per heavy atom. The number of aromatic nitrogens is 2.